The molecular weight excluding hydrogens is 1100 g/mol. The van der Waals surface area contributed by atoms with Crippen molar-refractivity contribution in [3.8, 4) is 0 Å². The average molecular weight is 1190 g/mol. The number of hydrogen-bond acceptors (Lipinski definition) is 18. The van der Waals surface area contributed by atoms with Crippen molar-refractivity contribution < 1.29 is 57.8 Å². The molecule has 1 fully saturated rings. The molecule has 1 aliphatic rings. The maximum Gasteiger partial charge on any atom is 0.245 e. The van der Waals surface area contributed by atoms with E-state index in [-0.39, 0.29) is 102 Å². The zero-order chi connectivity index (χ0) is 62.0. The number of unbranched alkanes of at least 4 members (excludes halogenated alkanes) is 4. The predicted molar refractivity (Wildman–Crippen MR) is 314 cm³/mol. The predicted octanol–water partition coefficient (Wildman–Crippen LogP) is -4.94. The van der Waals surface area contributed by atoms with E-state index in [9.17, 15) is 57.8 Å². The number of aliphatic hydroxyl groups is 1. The van der Waals surface area contributed by atoms with E-state index < -0.39 is 138 Å². The van der Waals surface area contributed by atoms with E-state index in [0.717, 1.165) is 25.7 Å². The second-order valence-electron chi connectivity index (χ2n) is 21.0. The summed E-state index contributed by atoms with van der Waals surface area (Å²) in [5.74, 6) is -9.70. The highest BCUT2D eigenvalue weighted by molar-refractivity contribution is 7.80. The first kappa shape index (κ1) is 72.6. The van der Waals surface area contributed by atoms with Gasteiger partial charge in [-0.25, -0.2) is 0 Å². The Labute approximate surface area is 491 Å². The van der Waals surface area contributed by atoms with Crippen molar-refractivity contribution >= 4 is 77.6 Å². The van der Waals surface area contributed by atoms with E-state index in [0.29, 0.717) is 12.0 Å². The van der Waals surface area contributed by atoms with Crippen LogP contribution in [0.25, 0.3) is 0 Å². The maximum absolute atomic E-state index is 14.5. The lowest BCUT2D eigenvalue weighted by Gasteiger charge is -2.29. The molecular formula is C54H94N16O12S. The number of nitrogens with one attached hydrogen (secondary N) is 11. The largest absolute Gasteiger partial charge is 0.391 e. The summed E-state index contributed by atoms with van der Waals surface area (Å²) in [6.07, 6.45) is 1.89. The van der Waals surface area contributed by atoms with Crippen LogP contribution in [-0.4, -0.2) is 182 Å². The molecule has 0 bridgehead atoms. The number of aliphatic hydroxyl groups excluding tert-OH is 1. The van der Waals surface area contributed by atoms with E-state index in [1.54, 1.807) is 44.2 Å². The van der Waals surface area contributed by atoms with Crippen molar-refractivity contribution in [3.05, 3.63) is 35.9 Å². The van der Waals surface area contributed by atoms with Gasteiger partial charge in [-0.05, 0) is 102 Å². The number of carbonyl (C=O) groups excluding carboxylic acids is 11. The van der Waals surface area contributed by atoms with Crippen molar-refractivity contribution in [2.45, 2.75) is 184 Å². The molecule has 0 radical (unpaired) electrons. The molecule has 468 valence electrons. The quantitative estimate of drug-likeness (QED) is 0.0264. The van der Waals surface area contributed by atoms with Gasteiger partial charge < -0.3 is 92.3 Å². The number of hydrogen-bond donors (Lipinski definition) is 18. The van der Waals surface area contributed by atoms with Crippen LogP contribution in [0.1, 0.15) is 117 Å². The lowest BCUT2D eigenvalue weighted by molar-refractivity contribution is -0.137. The number of nitrogens with two attached hydrogens (primary N) is 5. The lowest BCUT2D eigenvalue weighted by Crippen LogP contribution is -2.62. The van der Waals surface area contributed by atoms with E-state index >= 15 is 0 Å². The first-order valence-electron chi connectivity index (χ1n) is 28.7. The van der Waals surface area contributed by atoms with Crippen LogP contribution in [-0.2, 0) is 59.2 Å². The van der Waals surface area contributed by atoms with Gasteiger partial charge in [-0.1, -0.05) is 76.8 Å². The summed E-state index contributed by atoms with van der Waals surface area (Å²) in [5.41, 5.74) is 29.9. The minimum Gasteiger partial charge on any atom is -0.391 e. The van der Waals surface area contributed by atoms with Gasteiger partial charge in [0.05, 0.1) is 6.10 Å². The van der Waals surface area contributed by atoms with Crippen molar-refractivity contribution in [3.63, 3.8) is 0 Å². The molecule has 1 saturated heterocycles. The van der Waals surface area contributed by atoms with E-state index in [4.69, 9.17) is 28.7 Å². The molecule has 11 amide bonds. The van der Waals surface area contributed by atoms with Crippen molar-refractivity contribution in [2.75, 3.05) is 45.0 Å². The van der Waals surface area contributed by atoms with Crippen LogP contribution in [0.5, 0.6) is 0 Å². The van der Waals surface area contributed by atoms with E-state index in [2.05, 4.69) is 78.0 Å². The Bertz CT molecular complexity index is 2250. The normalized spacial score (nSPS) is 22.4. The SMILES string of the molecule is CCCCCCCC(=O)N[C@@H](CCN)C(=O)N[C@H](C(=O)N[C@@H](CCN)C(=O)N[C@H]1CCNC(=O)[C@H](CS)NC(=O)[C@H](CCN)NC(=O)[C@H](CCN)NC(=O)[C@H](CC(C)C)NC(=O)[C@@H](Cc2ccccc2)NC(=O)[C@H](CCN)NC1=O)[C@@H](C)O. The lowest BCUT2D eigenvalue weighted by atomic mass is 10.00. The summed E-state index contributed by atoms with van der Waals surface area (Å²) < 4.78 is 0. The van der Waals surface area contributed by atoms with Gasteiger partial charge in [0.15, 0.2) is 0 Å². The monoisotopic (exact) mass is 1190 g/mol. The molecule has 0 unspecified atom stereocenters. The van der Waals surface area contributed by atoms with Crippen molar-refractivity contribution in [1.29, 1.82) is 0 Å². The van der Waals surface area contributed by atoms with Crippen molar-refractivity contribution in [1.82, 2.24) is 58.5 Å². The Morgan fingerprint density at radius 3 is 1.57 bits per heavy atom. The Hall–Kier alpha value is -6.50. The van der Waals surface area contributed by atoms with E-state index in [1.165, 1.54) is 6.92 Å². The average Bonchev–Trinajstić information content (AvgIpc) is 3.49. The van der Waals surface area contributed by atoms with Gasteiger partial charge in [0.1, 0.15) is 60.4 Å². The minimum atomic E-state index is -1.68. The molecule has 1 aromatic rings. The fourth-order valence-corrected chi connectivity index (χ4v) is 9.10. The second-order valence-corrected chi connectivity index (χ2v) is 21.3. The Balaban J connectivity index is 2.65. The molecule has 0 aromatic heterocycles. The summed E-state index contributed by atoms with van der Waals surface area (Å²) >= 11 is 4.25. The Morgan fingerprint density at radius 2 is 1.06 bits per heavy atom. The van der Waals surface area contributed by atoms with Crippen LogP contribution in [0.2, 0.25) is 0 Å². The molecule has 1 heterocycles. The van der Waals surface area contributed by atoms with E-state index in [1.807, 2.05) is 0 Å². The molecule has 83 heavy (non-hydrogen) atoms. The van der Waals surface area contributed by atoms with Gasteiger partial charge in [0, 0.05) is 25.1 Å². The topological polar surface area (TPSA) is 470 Å². The smallest absolute Gasteiger partial charge is 0.245 e. The van der Waals surface area contributed by atoms with Gasteiger partial charge in [-0.3, -0.25) is 52.7 Å². The number of amides is 11. The van der Waals surface area contributed by atoms with Gasteiger partial charge >= 0.3 is 0 Å². The number of benzene rings is 1. The number of carbonyl (C=O) groups is 11. The van der Waals surface area contributed by atoms with Gasteiger partial charge in [-0.2, -0.15) is 12.6 Å². The third-order valence-electron chi connectivity index (χ3n) is 13.5. The highest BCUT2D eigenvalue weighted by Gasteiger charge is 2.37. The third kappa shape index (κ3) is 26.7. The number of rotatable bonds is 29. The van der Waals surface area contributed by atoms with Crippen LogP contribution >= 0.6 is 12.6 Å². The van der Waals surface area contributed by atoms with Crippen molar-refractivity contribution in [2.24, 2.45) is 34.6 Å². The zero-order valence-corrected chi connectivity index (χ0v) is 49.3. The van der Waals surface area contributed by atoms with Crippen LogP contribution in [0, 0.1) is 5.92 Å². The fourth-order valence-electron chi connectivity index (χ4n) is 8.85. The summed E-state index contributed by atoms with van der Waals surface area (Å²) in [5, 5.41) is 39.2. The minimum absolute atomic E-state index is 0.00480. The molecule has 2 rings (SSSR count). The first-order valence-corrected chi connectivity index (χ1v) is 29.3. The fraction of sp³-hybridized carbons (Fsp3) is 0.685. The molecule has 1 aromatic carbocycles. The summed E-state index contributed by atoms with van der Waals surface area (Å²) in [6, 6.07) is -5.54. The summed E-state index contributed by atoms with van der Waals surface area (Å²) in [4.78, 5) is 153. The van der Waals surface area contributed by atoms with Crippen LogP contribution in [0.4, 0.5) is 0 Å². The molecule has 0 aliphatic carbocycles. The molecule has 11 atom stereocenters. The molecule has 0 spiro atoms. The highest BCUT2D eigenvalue weighted by Crippen LogP contribution is 2.12. The second kappa shape index (κ2) is 39.9. The standard InChI is InChI=1S/C54H94N16O12S/c1-5-6-7-8-12-15-43(72)61-34(16-22-55)51(79)70-44(32(4)71)54(82)66-38(20-26-59)47(75)65-39-21-27-60-45(73)42(30-83)69-49(77)37(19-25-58)62-46(74)35(17-23-56)64-52(80)40(28-31(2)3)67-53(81)41(29-33-13-10-9-11-14-33)68-48(76)36(18-24-57)63-50(39)78/h9-11,13-14,31-32,34-42,44,71,83H,5-8,12,15-30,55-59H2,1-4H3,(H,60,73)(H,61,72)(H,62,74)(H,63,78)(H,64,80)(H,65,75)(H,66,82)(H,67,81)(H,68,76)(H,69,77)(H,70,79)/t32-,34+,35+,36+,37+,38+,39+,40+,41-,42+,44+/m1/s1. The van der Waals surface area contributed by atoms with Gasteiger partial charge in [-0.15, -0.1) is 0 Å². The summed E-state index contributed by atoms with van der Waals surface area (Å²) in [6.45, 7) is 5.92. The van der Waals surface area contributed by atoms with Crippen LogP contribution in [0.3, 0.4) is 0 Å². The summed E-state index contributed by atoms with van der Waals surface area (Å²) in [7, 11) is 0. The third-order valence-corrected chi connectivity index (χ3v) is 13.8. The van der Waals surface area contributed by atoms with Gasteiger partial charge in [0.25, 0.3) is 0 Å². The first-order chi connectivity index (χ1) is 39.6. The number of thiol groups is 1. The van der Waals surface area contributed by atoms with Gasteiger partial charge in [0.2, 0.25) is 65.0 Å². The van der Waals surface area contributed by atoms with Crippen LogP contribution in [0.15, 0.2) is 30.3 Å². The molecule has 1 aliphatic heterocycles. The zero-order valence-electron chi connectivity index (χ0n) is 48.4. The molecule has 28 nitrogen and oxygen atoms in total. The molecule has 22 N–H and O–H groups in total. The Morgan fingerprint density at radius 1 is 0.578 bits per heavy atom. The molecule has 0 saturated carbocycles. The molecule has 29 heteroatoms. The highest BCUT2D eigenvalue weighted by atomic mass is 32.1. The Kier molecular flexibility index (Phi) is 34.9. The van der Waals surface area contributed by atoms with Crippen LogP contribution < -0.4 is 87.2 Å². The maximum atomic E-state index is 14.5.